The van der Waals surface area contributed by atoms with Gasteiger partial charge in [-0.1, -0.05) is 42.5 Å². The van der Waals surface area contributed by atoms with Gasteiger partial charge in [-0.05, 0) is 23.3 Å². The summed E-state index contributed by atoms with van der Waals surface area (Å²) in [5.74, 6) is -0.387. The van der Waals surface area contributed by atoms with Crippen LogP contribution in [0.2, 0.25) is 0 Å². The van der Waals surface area contributed by atoms with E-state index < -0.39 is 6.10 Å². The van der Waals surface area contributed by atoms with E-state index in [9.17, 15) is 9.90 Å². The zero-order valence-corrected chi connectivity index (χ0v) is 14.3. The summed E-state index contributed by atoms with van der Waals surface area (Å²) in [6.45, 7) is 5.23. The van der Waals surface area contributed by atoms with Crippen LogP contribution in [0.4, 0.5) is 0 Å². The second-order valence-electron chi connectivity index (χ2n) is 6.57. The Balaban J connectivity index is 1.49. The molecule has 2 aromatic rings. The summed E-state index contributed by atoms with van der Waals surface area (Å²) in [6, 6.07) is 17.3. The third kappa shape index (κ3) is 4.89. The van der Waals surface area contributed by atoms with Crippen LogP contribution < -0.4 is 5.73 Å². The molecule has 25 heavy (non-hydrogen) atoms. The zero-order valence-electron chi connectivity index (χ0n) is 14.3. The minimum absolute atomic E-state index is 0.387. The molecule has 1 unspecified atom stereocenters. The van der Waals surface area contributed by atoms with Crippen molar-refractivity contribution in [2.75, 3.05) is 32.7 Å². The van der Waals surface area contributed by atoms with Crippen molar-refractivity contribution in [3.8, 4) is 0 Å². The van der Waals surface area contributed by atoms with Gasteiger partial charge in [-0.25, -0.2) is 0 Å². The second kappa shape index (κ2) is 8.25. The molecule has 3 N–H and O–H groups in total. The maximum Gasteiger partial charge on any atom is 0.248 e. The average molecular weight is 339 g/mol. The highest BCUT2D eigenvalue weighted by Gasteiger charge is 2.20. The van der Waals surface area contributed by atoms with Gasteiger partial charge < -0.3 is 10.8 Å². The highest BCUT2D eigenvalue weighted by atomic mass is 16.3. The molecule has 1 saturated heterocycles. The van der Waals surface area contributed by atoms with Gasteiger partial charge in [0, 0.05) is 44.8 Å². The Morgan fingerprint density at radius 1 is 1.00 bits per heavy atom. The Kier molecular flexibility index (Phi) is 5.81. The second-order valence-corrected chi connectivity index (χ2v) is 6.57. The number of carbonyl (C=O) groups excluding carboxylic acids is 1. The topological polar surface area (TPSA) is 69.8 Å². The molecule has 0 aromatic heterocycles. The Labute approximate surface area is 148 Å². The number of piperazine rings is 1. The first kappa shape index (κ1) is 17.6. The van der Waals surface area contributed by atoms with Crippen molar-refractivity contribution >= 4 is 5.91 Å². The van der Waals surface area contributed by atoms with Crippen LogP contribution in [0.3, 0.4) is 0 Å². The normalized spacial score (nSPS) is 17.3. The van der Waals surface area contributed by atoms with E-state index in [2.05, 4.69) is 9.80 Å². The molecule has 0 bridgehead atoms. The van der Waals surface area contributed by atoms with E-state index in [1.165, 1.54) is 0 Å². The van der Waals surface area contributed by atoms with Crippen molar-refractivity contribution < 1.29 is 9.90 Å². The van der Waals surface area contributed by atoms with Crippen molar-refractivity contribution in [2.24, 2.45) is 5.73 Å². The number of β-amino-alcohol motifs (C(OH)–C–C–N with tert-alkyl or cyclic N) is 1. The summed E-state index contributed by atoms with van der Waals surface area (Å²) in [5.41, 5.74) is 7.97. The van der Waals surface area contributed by atoms with Crippen LogP contribution in [-0.2, 0) is 6.54 Å². The molecule has 1 aliphatic heterocycles. The number of nitrogens with two attached hydrogens (primary N) is 1. The maximum absolute atomic E-state index is 11.3. The number of hydrogen-bond acceptors (Lipinski definition) is 4. The van der Waals surface area contributed by atoms with E-state index in [-0.39, 0.29) is 5.91 Å². The molecule has 1 aliphatic rings. The van der Waals surface area contributed by atoms with Crippen LogP contribution in [0.15, 0.2) is 54.6 Å². The summed E-state index contributed by atoms with van der Waals surface area (Å²) < 4.78 is 0. The molecule has 0 aliphatic carbocycles. The fourth-order valence-electron chi connectivity index (χ4n) is 3.24. The Bertz CT molecular complexity index is 697. The van der Waals surface area contributed by atoms with Crippen LogP contribution in [0, 0.1) is 0 Å². The lowest BCUT2D eigenvalue weighted by Gasteiger charge is -2.35. The number of nitrogens with zero attached hydrogens (tertiary/aromatic N) is 2. The van der Waals surface area contributed by atoms with Crippen LogP contribution in [0.25, 0.3) is 0 Å². The van der Waals surface area contributed by atoms with Crippen LogP contribution in [0.5, 0.6) is 0 Å². The van der Waals surface area contributed by atoms with E-state index in [4.69, 9.17) is 5.73 Å². The quantitative estimate of drug-likeness (QED) is 0.839. The van der Waals surface area contributed by atoms with Gasteiger partial charge in [0.15, 0.2) is 0 Å². The van der Waals surface area contributed by atoms with Gasteiger partial charge in [-0.15, -0.1) is 0 Å². The van der Waals surface area contributed by atoms with Crippen LogP contribution in [-0.4, -0.2) is 53.5 Å². The van der Waals surface area contributed by atoms with Crippen LogP contribution in [0.1, 0.15) is 27.6 Å². The van der Waals surface area contributed by atoms with Crippen LogP contribution >= 0.6 is 0 Å². The summed E-state index contributed by atoms with van der Waals surface area (Å²) in [4.78, 5) is 16.0. The molecule has 1 heterocycles. The number of rotatable bonds is 6. The van der Waals surface area contributed by atoms with Gasteiger partial charge in [0.25, 0.3) is 0 Å². The predicted molar refractivity (Wildman–Crippen MR) is 98.1 cm³/mol. The van der Waals surface area contributed by atoms with Crippen molar-refractivity contribution in [3.05, 3.63) is 71.3 Å². The van der Waals surface area contributed by atoms with Gasteiger partial charge in [0.05, 0.1) is 6.10 Å². The highest BCUT2D eigenvalue weighted by molar-refractivity contribution is 5.92. The number of aliphatic hydroxyl groups is 1. The van der Waals surface area contributed by atoms with Gasteiger partial charge in [0.1, 0.15) is 0 Å². The summed E-state index contributed by atoms with van der Waals surface area (Å²) in [5, 5.41) is 10.4. The number of amides is 1. The van der Waals surface area contributed by atoms with E-state index in [1.807, 2.05) is 48.5 Å². The largest absolute Gasteiger partial charge is 0.387 e. The van der Waals surface area contributed by atoms with Gasteiger partial charge in [-0.2, -0.15) is 0 Å². The molecule has 0 spiro atoms. The fourth-order valence-corrected chi connectivity index (χ4v) is 3.24. The van der Waals surface area contributed by atoms with Gasteiger partial charge >= 0.3 is 0 Å². The lowest BCUT2D eigenvalue weighted by atomic mass is 10.1. The molecule has 0 radical (unpaired) electrons. The van der Waals surface area contributed by atoms with E-state index in [0.717, 1.165) is 43.9 Å². The Morgan fingerprint density at radius 3 is 2.36 bits per heavy atom. The first-order chi connectivity index (χ1) is 12.1. The molecule has 0 saturated carbocycles. The predicted octanol–water partition coefficient (Wildman–Crippen LogP) is 1.64. The Morgan fingerprint density at radius 2 is 1.68 bits per heavy atom. The first-order valence-corrected chi connectivity index (χ1v) is 8.68. The SMILES string of the molecule is NC(=O)c1cccc(CN2CCN(CC(O)c3ccccc3)CC2)c1. The third-order valence-electron chi connectivity index (χ3n) is 4.70. The van der Waals surface area contributed by atoms with Crippen molar-refractivity contribution in [2.45, 2.75) is 12.6 Å². The number of primary amides is 1. The molecule has 132 valence electrons. The first-order valence-electron chi connectivity index (χ1n) is 8.68. The minimum Gasteiger partial charge on any atom is -0.387 e. The maximum atomic E-state index is 11.3. The smallest absolute Gasteiger partial charge is 0.248 e. The molecule has 5 heteroatoms. The summed E-state index contributed by atoms with van der Waals surface area (Å²) in [6.07, 6.45) is -0.444. The fraction of sp³-hybridized carbons (Fsp3) is 0.350. The van der Waals surface area contributed by atoms with Crippen molar-refractivity contribution in [1.29, 1.82) is 0 Å². The number of aliphatic hydroxyl groups excluding tert-OH is 1. The lowest BCUT2D eigenvalue weighted by Crippen LogP contribution is -2.47. The zero-order chi connectivity index (χ0) is 17.6. The number of hydrogen-bond donors (Lipinski definition) is 2. The molecule has 1 amide bonds. The van der Waals surface area contributed by atoms with E-state index in [1.54, 1.807) is 6.07 Å². The molecule has 1 fully saturated rings. The monoisotopic (exact) mass is 339 g/mol. The van der Waals surface area contributed by atoms with Gasteiger partial charge in [0.2, 0.25) is 5.91 Å². The number of benzene rings is 2. The lowest BCUT2D eigenvalue weighted by molar-refractivity contribution is 0.0701. The standard InChI is InChI=1S/C20H25N3O2/c21-20(25)18-8-4-5-16(13-18)14-22-9-11-23(12-10-22)15-19(24)17-6-2-1-3-7-17/h1-8,13,19,24H,9-12,14-15H2,(H2,21,25). The average Bonchev–Trinajstić information content (AvgIpc) is 2.64. The highest BCUT2D eigenvalue weighted by Crippen LogP contribution is 2.16. The van der Waals surface area contributed by atoms with Crippen molar-refractivity contribution in [1.82, 2.24) is 9.80 Å². The van der Waals surface area contributed by atoms with Gasteiger partial charge in [-0.3, -0.25) is 14.6 Å². The van der Waals surface area contributed by atoms with Crippen molar-refractivity contribution in [3.63, 3.8) is 0 Å². The molecular formula is C20H25N3O2. The summed E-state index contributed by atoms with van der Waals surface area (Å²) >= 11 is 0. The number of carbonyl (C=O) groups is 1. The minimum atomic E-state index is -0.444. The molecule has 3 rings (SSSR count). The molecule has 5 nitrogen and oxygen atoms in total. The van der Waals surface area contributed by atoms with E-state index >= 15 is 0 Å². The molecule has 2 aromatic carbocycles. The molecular weight excluding hydrogens is 314 g/mol. The Hall–Kier alpha value is -2.21. The summed E-state index contributed by atoms with van der Waals surface area (Å²) in [7, 11) is 0. The van der Waals surface area contributed by atoms with E-state index in [0.29, 0.717) is 12.1 Å². The molecule has 1 atom stereocenters. The third-order valence-corrected chi connectivity index (χ3v) is 4.70.